The van der Waals surface area contributed by atoms with Crippen LogP contribution in [0.5, 0.6) is 0 Å². The van der Waals surface area contributed by atoms with Gasteiger partial charge in [0.2, 0.25) is 0 Å². The molecule has 0 radical (unpaired) electrons. The van der Waals surface area contributed by atoms with E-state index >= 15 is 0 Å². The number of aryl methyl sites for hydroxylation is 2. The third-order valence-electron chi connectivity index (χ3n) is 3.38. The summed E-state index contributed by atoms with van der Waals surface area (Å²) in [6.07, 6.45) is 4.28. The highest BCUT2D eigenvalue weighted by Crippen LogP contribution is 2.03. The van der Waals surface area contributed by atoms with Gasteiger partial charge in [-0.1, -0.05) is 11.6 Å². The Morgan fingerprint density at radius 1 is 1.05 bits per heavy atom. The standard InChI is InChI=1S/C16H20ClN3O2/c1-13-5-9-19(16(22)11-13)10-7-18-6-2-8-20-12-14(17)3-4-15(20)21/h3-5,9,11-12,18H,2,6-8,10H2,1H3. The fraction of sp³-hybridized carbons (Fsp3) is 0.375. The predicted octanol–water partition coefficient (Wildman–Crippen LogP) is 1.65. The van der Waals surface area contributed by atoms with Crippen LogP contribution in [0.4, 0.5) is 0 Å². The lowest BCUT2D eigenvalue weighted by molar-refractivity contribution is 0.539. The molecule has 0 saturated carbocycles. The van der Waals surface area contributed by atoms with E-state index < -0.39 is 0 Å². The highest BCUT2D eigenvalue weighted by atomic mass is 35.5. The molecule has 2 heterocycles. The minimum atomic E-state index is -0.0457. The molecule has 0 aliphatic carbocycles. The third-order valence-corrected chi connectivity index (χ3v) is 3.60. The lowest BCUT2D eigenvalue weighted by Crippen LogP contribution is -2.28. The van der Waals surface area contributed by atoms with Crippen LogP contribution in [0, 0.1) is 6.92 Å². The Balaban J connectivity index is 1.70. The third kappa shape index (κ3) is 4.86. The van der Waals surface area contributed by atoms with Crippen molar-refractivity contribution in [1.82, 2.24) is 14.5 Å². The first kappa shape index (κ1) is 16.5. The Hall–Kier alpha value is -1.85. The summed E-state index contributed by atoms with van der Waals surface area (Å²) in [4.78, 5) is 23.3. The first-order valence-electron chi connectivity index (χ1n) is 7.30. The van der Waals surface area contributed by atoms with Crippen molar-refractivity contribution in [2.24, 2.45) is 0 Å². The van der Waals surface area contributed by atoms with E-state index in [0.29, 0.717) is 24.7 Å². The van der Waals surface area contributed by atoms with Crippen LogP contribution in [0.3, 0.4) is 0 Å². The quantitative estimate of drug-likeness (QED) is 0.789. The van der Waals surface area contributed by atoms with Crippen LogP contribution < -0.4 is 16.4 Å². The molecule has 0 atom stereocenters. The average molecular weight is 322 g/mol. The molecule has 2 rings (SSSR count). The normalized spacial score (nSPS) is 10.8. The van der Waals surface area contributed by atoms with Crippen LogP contribution in [-0.4, -0.2) is 22.2 Å². The Kier molecular flexibility index (Phi) is 5.98. The van der Waals surface area contributed by atoms with Crippen LogP contribution >= 0.6 is 11.6 Å². The van der Waals surface area contributed by atoms with Gasteiger partial charge < -0.3 is 14.5 Å². The zero-order valence-corrected chi connectivity index (χ0v) is 13.3. The lowest BCUT2D eigenvalue weighted by atomic mass is 10.3. The molecule has 0 aromatic carbocycles. The summed E-state index contributed by atoms with van der Waals surface area (Å²) in [6.45, 7) is 4.65. The average Bonchev–Trinajstić information content (AvgIpc) is 2.48. The van der Waals surface area contributed by atoms with E-state index in [1.165, 1.54) is 6.07 Å². The summed E-state index contributed by atoms with van der Waals surface area (Å²) in [7, 11) is 0. The monoisotopic (exact) mass is 321 g/mol. The highest BCUT2D eigenvalue weighted by Gasteiger charge is 1.98. The smallest absolute Gasteiger partial charge is 0.250 e. The van der Waals surface area contributed by atoms with Crippen LogP contribution in [0.25, 0.3) is 0 Å². The molecule has 0 saturated heterocycles. The first-order chi connectivity index (χ1) is 10.6. The number of nitrogens with one attached hydrogen (secondary N) is 1. The number of hydrogen-bond donors (Lipinski definition) is 1. The topological polar surface area (TPSA) is 56.0 Å². The second-order valence-electron chi connectivity index (χ2n) is 5.22. The minimum Gasteiger partial charge on any atom is -0.315 e. The van der Waals surface area contributed by atoms with E-state index in [0.717, 1.165) is 18.5 Å². The van der Waals surface area contributed by atoms with Gasteiger partial charge in [-0.05, 0) is 37.6 Å². The van der Waals surface area contributed by atoms with Gasteiger partial charge in [0.1, 0.15) is 0 Å². The van der Waals surface area contributed by atoms with Crippen LogP contribution in [0.1, 0.15) is 12.0 Å². The molecule has 2 aromatic rings. The Bertz CT molecular complexity index is 737. The first-order valence-corrected chi connectivity index (χ1v) is 7.68. The molecular weight excluding hydrogens is 302 g/mol. The van der Waals surface area contributed by atoms with Gasteiger partial charge in [0.05, 0.1) is 5.02 Å². The van der Waals surface area contributed by atoms with E-state index in [1.54, 1.807) is 27.5 Å². The van der Waals surface area contributed by atoms with Gasteiger partial charge in [-0.3, -0.25) is 9.59 Å². The fourth-order valence-corrected chi connectivity index (χ4v) is 2.35. The van der Waals surface area contributed by atoms with Crippen molar-refractivity contribution in [2.45, 2.75) is 26.4 Å². The van der Waals surface area contributed by atoms with E-state index in [-0.39, 0.29) is 11.1 Å². The molecule has 0 amide bonds. The summed E-state index contributed by atoms with van der Waals surface area (Å²) < 4.78 is 3.29. The maximum absolute atomic E-state index is 11.7. The van der Waals surface area contributed by atoms with E-state index in [9.17, 15) is 9.59 Å². The molecule has 0 spiro atoms. The van der Waals surface area contributed by atoms with Crippen molar-refractivity contribution < 1.29 is 0 Å². The van der Waals surface area contributed by atoms with E-state index in [1.807, 2.05) is 19.2 Å². The van der Waals surface area contributed by atoms with Crippen molar-refractivity contribution in [3.05, 3.63) is 68.0 Å². The minimum absolute atomic E-state index is 0.0206. The molecule has 0 unspecified atom stereocenters. The fourth-order valence-electron chi connectivity index (χ4n) is 2.17. The van der Waals surface area contributed by atoms with Gasteiger partial charge in [-0.15, -0.1) is 0 Å². The van der Waals surface area contributed by atoms with Gasteiger partial charge in [-0.25, -0.2) is 0 Å². The Morgan fingerprint density at radius 2 is 1.86 bits per heavy atom. The van der Waals surface area contributed by atoms with Gasteiger partial charge in [0.25, 0.3) is 11.1 Å². The maximum Gasteiger partial charge on any atom is 0.250 e. The molecule has 22 heavy (non-hydrogen) atoms. The van der Waals surface area contributed by atoms with E-state index in [2.05, 4.69) is 5.32 Å². The SMILES string of the molecule is Cc1ccn(CCNCCCn2cc(Cl)ccc2=O)c(=O)c1. The van der Waals surface area contributed by atoms with Gasteiger partial charge in [0.15, 0.2) is 0 Å². The van der Waals surface area contributed by atoms with Crippen molar-refractivity contribution >= 4 is 11.6 Å². The number of hydrogen-bond acceptors (Lipinski definition) is 3. The molecule has 2 aromatic heterocycles. The zero-order valence-electron chi connectivity index (χ0n) is 12.6. The predicted molar refractivity (Wildman–Crippen MR) is 88.6 cm³/mol. The van der Waals surface area contributed by atoms with Crippen LogP contribution in [-0.2, 0) is 13.1 Å². The second kappa shape index (κ2) is 7.96. The van der Waals surface area contributed by atoms with Crippen molar-refractivity contribution in [2.75, 3.05) is 13.1 Å². The molecule has 0 aliphatic rings. The van der Waals surface area contributed by atoms with Gasteiger partial charge in [-0.2, -0.15) is 0 Å². The number of aromatic nitrogens is 2. The zero-order chi connectivity index (χ0) is 15.9. The number of halogens is 1. The molecule has 5 nitrogen and oxygen atoms in total. The Morgan fingerprint density at radius 3 is 2.64 bits per heavy atom. The summed E-state index contributed by atoms with van der Waals surface area (Å²) in [5.41, 5.74) is 0.948. The van der Waals surface area contributed by atoms with E-state index in [4.69, 9.17) is 11.6 Å². The summed E-state index contributed by atoms with van der Waals surface area (Å²) in [5, 5.41) is 3.83. The number of pyridine rings is 2. The molecule has 118 valence electrons. The largest absolute Gasteiger partial charge is 0.315 e. The molecule has 0 aliphatic heterocycles. The lowest BCUT2D eigenvalue weighted by Gasteiger charge is -2.09. The van der Waals surface area contributed by atoms with Gasteiger partial charge in [0, 0.05) is 44.2 Å². The number of rotatable bonds is 7. The Labute approximate surface area is 134 Å². The summed E-state index contributed by atoms with van der Waals surface area (Å²) in [6, 6.07) is 6.62. The van der Waals surface area contributed by atoms with Crippen LogP contribution in [0.2, 0.25) is 5.02 Å². The maximum atomic E-state index is 11.7. The molecule has 1 N–H and O–H groups in total. The number of nitrogens with zero attached hydrogens (tertiary/aromatic N) is 2. The summed E-state index contributed by atoms with van der Waals surface area (Å²) in [5.74, 6) is 0. The molecule has 0 bridgehead atoms. The molecule has 6 heteroatoms. The van der Waals surface area contributed by atoms with Crippen molar-refractivity contribution in [3.63, 3.8) is 0 Å². The van der Waals surface area contributed by atoms with Crippen molar-refractivity contribution in [3.8, 4) is 0 Å². The van der Waals surface area contributed by atoms with Gasteiger partial charge >= 0.3 is 0 Å². The summed E-state index contributed by atoms with van der Waals surface area (Å²) >= 11 is 5.87. The van der Waals surface area contributed by atoms with Crippen LogP contribution in [0.15, 0.2) is 46.2 Å². The molecule has 0 fully saturated rings. The second-order valence-corrected chi connectivity index (χ2v) is 5.65. The van der Waals surface area contributed by atoms with Crippen molar-refractivity contribution in [1.29, 1.82) is 0 Å². The molecular formula is C16H20ClN3O2. The highest BCUT2D eigenvalue weighted by molar-refractivity contribution is 6.30.